The summed E-state index contributed by atoms with van der Waals surface area (Å²) in [5.74, 6) is 0.196. The van der Waals surface area contributed by atoms with E-state index in [9.17, 15) is 13.2 Å². The van der Waals surface area contributed by atoms with E-state index in [1.165, 1.54) is 19.2 Å². The molecule has 0 saturated carbocycles. The molecule has 2 rings (SSSR count). The van der Waals surface area contributed by atoms with Crippen molar-refractivity contribution in [2.75, 3.05) is 45.1 Å². The van der Waals surface area contributed by atoms with E-state index in [4.69, 9.17) is 4.74 Å². The molecule has 0 heterocycles. The van der Waals surface area contributed by atoms with Crippen LogP contribution in [0.5, 0.6) is 5.75 Å². The van der Waals surface area contributed by atoms with Gasteiger partial charge in [-0.2, -0.15) is 0 Å². The number of hydrogen-bond acceptors (Lipinski definition) is 5. The first-order valence-corrected chi connectivity index (χ1v) is 10.3. The number of likely N-dealkylation sites (N-methyl/N-ethyl adjacent to an activating group) is 1. The van der Waals surface area contributed by atoms with Crippen molar-refractivity contribution in [3.63, 3.8) is 0 Å². The number of ether oxygens (including phenoxy) is 1. The summed E-state index contributed by atoms with van der Waals surface area (Å²) in [4.78, 5) is 14.4. The Hall–Kier alpha value is -2.58. The molecule has 0 aromatic heterocycles. The summed E-state index contributed by atoms with van der Waals surface area (Å²) in [7, 11) is 1.40. The van der Waals surface area contributed by atoms with Crippen LogP contribution in [0, 0.1) is 6.92 Å². The molecule has 1 amide bonds. The smallest absolute Gasteiger partial charge is 0.264 e. The lowest BCUT2D eigenvalue weighted by molar-refractivity contribution is -0.119. The second-order valence-corrected chi connectivity index (χ2v) is 8.54. The monoisotopic (exact) mass is 405 g/mol. The Balaban J connectivity index is 2.31. The van der Waals surface area contributed by atoms with Gasteiger partial charge in [-0.25, -0.2) is 8.42 Å². The molecular weight excluding hydrogens is 378 g/mol. The van der Waals surface area contributed by atoms with Crippen LogP contribution in [0.25, 0.3) is 0 Å². The summed E-state index contributed by atoms with van der Waals surface area (Å²) in [6.45, 7) is 2.72. The summed E-state index contributed by atoms with van der Waals surface area (Å²) < 4.78 is 32.7. The van der Waals surface area contributed by atoms with Crippen LogP contribution in [0.1, 0.15) is 5.56 Å². The molecule has 0 fully saturated rings. The van der Waals surface area contributed by atoms with Gasteiger partial charge < -0.3 is 15.0 Å². The van der Waals surface area contributed by atoms with Crippen molar-refractivity contribution in [1.29, 1.82) is 0 Å². The van der Waals surface area contributed by atoms with Gasteiger partial charge in [0.25, 0.3) is 10.0 Å². The Morgan fingerprint density at radius 2 is 1.64 bits per heavy atom. The quantitative estimate of drug-likeness (QED) is 0.689. The molecule has 0 aliphatic carbocycles. The predicted octanol–water partition coefficient (Wildman–Crippen LogP) is 1.88. The summed E-state index contributed by atoms with van der Waals surface area (Å²) in [5.41, 5.74) is 1.44. The van der Waals surface area contributed by atoms with Crippen molar-refractivity contribution in [3.05, 3.63) is 54.1 Å². The number of nitrogens with zero attached hydrogens (tertiary/aromatic N) is 2. The maximum absolute atomic E-state index is 13.2. The fraction of sp³-hybridized carbons (Fsp3) is 0.350. The molecule has 0 aliphatic rings. The van der Waals surface area contributed by atoms with E-state index in [1.807, 2.05) is 38.1 Å². The number of carbonyl (C=O) groups excluding carboxylic acids is 1. The summed E-state index contributed by atoms with van der Waals surface area (Å²) >= 11 is 0. The third-order valence-corrected chi connectivity index (χ3v) is 5.93. The van der Waals surface area contributed by atoms with Crippen molar-refractivity contribution in [1.82, 2.24) is 10.2 Å². The largest absolute Gasteiger partial charge is 0.497 e. The Labute approximate surface area is 167 Å². The third-order valence-electron chi connectivity index (χ3n) is 4.14. The number of anilines is 1. The number of aryl methyl sites for hydroxylation is 1. The molecule has 0 aliphatic heterocycles. The van der Waals surface area contributed by atoms with Gasteiger partial charge in [-0.05, 0) is 57.4 Å². The number of nitrogens with one attached hydrogen (secondary N) is 1. The minimum Gasteiger partial charge on any atom is -0.497 e. The van der Waals surface area contributed by atoms with Gasteiger partial charge in [0, 0.05) is 13.1 Å². The minimum atomic E-state index is -3.92. The Morgan fingerprint density at radius 3 is 2.18 bits per heavy atom. The Morgan fingerprint density at radius 1 is 1.04 bits per heavy atom. The maximum Gasteiger partial charge on any atom is 0.264 e. The number of benzene rings is 2. The van der Waals surface area contributed by atoms with E-state index >= 15 is 0 Å². The molecule has 7 nitrogen and oxygen atoms in total. The van der Waals surface area contributed by atoms with E-state index in [0.29, 0.717) is 24.5 Å². The molecule has 2 aromatic carbocycles. The van der Waals surface area contributed by atoms with Gasteiger partial charge in [0.15, 0.2) is 0 Å². The second-order valence-electron chi connectivity index (χ2n) is 6.68. The highest BCUT2D eigenvalue weighted by Crippen LogP contribution is 2.25. The standard InChI is InChI=1S/C20H27N3O4S/c1-16-5-7-17(8-6-16)23(15-20(24)21-13-14-22(2)3)28(25,26)19-11-9-18(27-4)10-12-19/h5-12H,13-15H2,1-4H3,(H,21,24). The van der Waals surface area contributed by atoms with E-state index in [1.54, 1.807) is 24.3 Å². The molecule has 0 radical (unpaired) electrons. The zero-order valence-electron chi connectivity index (χ0n) is 16.7. The first-order valence-electron chi connectivity index (χ1n) is 8.89. The maximum atomic E-state index is 13.2. The summed E-state index contributed by atoms with van der Waals surface area (Å²) in [6, 6.07) is 13.1. The highest BCUT2D eigenvalue weighted by molar-refractivity contribution is 7.92. The molecule has 1 N–H and O–H groups in total. The van der Waals surface area contributed by atoms with Crippen LogP contribution in [-0.2, 0) is 14.8 Å². The van der Waals surface area contributed by atoms with E-state index < -0.39 is 10.0 Å². The number of methoxy groups -OCH3 is 1. The van der Waals surface area contributed by atoms with E-state index in [0.717, 1.165) is 9.87 Å². The highest BCUT2D eigenvalue weighted by Gasteiger charge is 2.27. The normalized spacial score (nSPS) is 11.3. The van der Waals surface area contributed by atoms with Gasteiger partial charge in [-0.15, -0.1) is 0 Å². The van der Waals surface area contributed by atoms with Crippen molar-refractivity contribution < 1.29 is 17.9 Å². The van der Waals surface area contributed by atoms with E-state index in [2.05, 4.69) is 5.32 Å². The van der Waals surface area contributed by atoms with Crippen molar-refractivity contribution >= 4 is 21.6 Å². The minimum absolute atomic E-state index is 0.0926. The van der Waals surface area contributed by atoms with Gasteiger partial charge >= 0.3 is 0 Å². The fourth-order valence-electron chi connectivity index (χ4n) is 2.51. The molecule has 152 valence electrons. The van der Waals surface area contributed by atoms with E-state index in [-0.39, 0.29) is 17.3 Å². The number of sulfonamides is 1. The summed E-state index contributed by atoms with van der Waals surface area (Å²) in [6.07, 6.45) is 0. The van der Waals surface area contributed by atoms with Crippen LogP contribution < -0.4 is 14.4 Å². The van der Waals surface area contributed by atoms with Crippen LogP contribution in [-0.4, -0.2) is 60.1 Å². The van der Waals surface area contributed by atoms with Crippen LogP contribution in [0.15, 0.2) is 53.4 Å². The average molecular weight is 406 g/mol. The van der Waals surface area contributed by atoms with Gasteiger partial charge in [0.2, 0.25) is 5.91 Å². The van der Waals surface area contributed by atoms with Crippen LogP contribution >= 0.6 is 0 Å². The van der Waals surface area contributed by atoms with Crippen LogP contribution in [0.3, 0.4) is 0 Å². The van der Waals surface area contributed by atoms with Crippen molar-refractivity contribution in [2.45, 2.75) is 11.8 Å². The lowest BCUT2D eigenvalue weighted by atomic mass is 10.2. The molecular formula is C20H27N3O4S. The molecule has 0 saturated heterocycles. The average Bonchev–Trinajstić information content (AvgIpc) is 2.66. The van der Waals surface area contributed by atoms with Gasteiger partial charge in [0.1, 0.15) is 12.3 Å². The van der Waals surface area contributed by atoms with Crippen LogP contribution in [0.2, 0.25) is 0 Å². The van der Waals surface area contributed by atoms with Crippen LogP contribution in [0.4, 0.5) is 5.69 Å². The summed E-state index contributed by atoms with van der Waals surface area (Å²) in [5, 5.41) is 2.76. The molecule has 0 bridgehead atoms. The molecule has 2 aromatic rings. The lowest BCUT2D eigenvalue weighted by Crippen LogP contribution is -2.42. The van der Waals surface area contributed by atoms with Gasteiger partial charge in [0.05, 0.1) is 17.7 Å². The number of hydrogen-bond donors (Lipinski definition) is 1. The topological polar surface area (TPSA) is 79.0 Å². The molecule has 0 spiro atoms. The Kier molecular flexibility index (Phi) is 7.42. The number of rotatable bonds is 9. The molecule has 0 atom stereocenters. The van der Waals surface area contributed by atoms with Gasteiger partial charge in [-0.3, -0.25) is 9.10 Å². The Bertz CT molecular complexity index is 879. The fourth-order valence-corrected chi connectivity index (χ4v) is 3.93. The SMILES string of the molecule is COc1ccc(S(=O)(=O)N(CC(=O)NCCN(C)C)c2ccc(C)cc2)cc1. The molecule has 8 heteroatoms. The van der Waals surface area contributed by atoms with Crippen molar-refractivity contribution in [2.24, 2.45) is 0 Å². The predicted molar refractivity (Wildman–Crippen MR) is 110 cm³/mol. The lowest BCUT2D eigenvalue weighted by Gasteiger charge is -2.24. The highest BCUT2D eigenvalue weighted by atomic mass is 32.2. The van der Waals surface area contributed by atoms with Gasteiger partial charge in [-0.1, -0.05) is 17.7 Å². The zero-order valence-corrected chi connectivity index (χ0v) is 17.5. The van der Waals surface area contributed by atoms with Crippen molar-refractivity contribution in [3.8, 4) is 5.75 Å². The molecule has 0 unspecified atom stereocenters. The first kappa shape index (κ1) is 21.7. The number of carbonyl (C=O) groups is 1. The number of amides is 1. The second kappa shape index (κ2) is 9.57. The third kappa shape index (κ3) is 5.71. The first-order chi connectivity index (χ1) is 13.2. The molecule has 28 heavy (non-hydrogen) atoms. The zero-order chi connectivity index (χ0) is 20.7.